The molecule has 0 fully saturated rings. The molecule has 0 spiro atoms. The highest BCUT2D eigenvalue weighted by atomic mass is 79.9. The van der Waals surface area contributed by atoms with Gasteiger partial charge in [0.25, 0.3) is 0 Å². The van der Waals surface area contributed by atoms with E-state index in [2.05, 4.69) is 33.0 Å². The standard InChI is InChI=1S/C17H16BrNO2/c1-19(12-13-5-4-7-15(18)11-13)16-8-3-2-6-14(16)9-10-17(20)21/h2-11H,12H2,1H3,(H,20,21). The van der Waals surface area contributed by atoms with E-state index < -0.39 is 5.97 Å². The third-order valence-electron chi connectivity index (χ3n) is 3.06. The molecule has 4 heteroatoms. The minimum absolute atomic E-state index is 0.747. The average molecular weight is 346 g/mol. The van der Waals surface area contributed by atoms with Gasteiger partial charge in [0.1, 0.15) is 0 Å². The summed E-state index contributed by atoms with van der Waals surface area (Å²) in [6.07, 6.45) is 2.78. The molecule has 3 nitrogen and oxygen atoms in total. The Morgan fingerprint density at radius 3 is 2.71 bits per heavy atom. The number of halogens is 1. The second kappa shape index (κ2) is 7.09. The number of rotatable bonds is 5. The van der Waals surface area contributed by atoms with Gasteiger partial charge in [-0.15, -0.1) is 0 Å². The molecule has 0 atom stereocenters. The number of carboxylic acid groups (broad SMARTS) is 1. The first-order chi connectivity index (χ1) is 10.1. The monoisotopic (exact) mass is 345 g/mol. The number of para-hydroxylation sites is 1. The minimum Gasteiger partial charge on any atom is -0.478 e. The zero-order chi connectivity index (χ0) is 15.2. The molecular weight excluding hydrogens is 330 g/mol. The lowest BCUT2D eigenvalue weighted by Crippen LogP contribution is -2.17. The van der Waals surface area contributed by atoms with Crippen LogP contribution in [0.5, 0.6) is 0 Å². The van der Waals surface area contributed by atoms with E-state index in [1.54, 1.807) is 6.08 Å². The third-order valence-corrected chi connectivity index (χ3v) is 3.56. The van der Waals surface area contributed by atoms with Gasteiger partial charge in [0.15, 0.2) is 0 Å². The molecule has 2 rings (SSSR count). The van der Waals surface area contributed by atoms with Crippen LogP contribution in [0.15, 0.2) is 59.1 Å². The van der Waals surface area contributed by atoms with Crippen molar-refractivity contribution >= 4 is 33.7 Å². The molecule has 0 unspecified atom stereocenters. The van der Waals surface area contributed by atoms with Crippen molar-refractivity contribution in [2.75, 3.05) is 11.9 Å². The quantitative estimate of drug-likeness (QED) is 0.826. The zero-order valence-electron chi connectivity index (χ0n) is 11.7. The van der Waals surface area contributed by atoms with Crippen molar-refractivity contribution in [3.63, 3.8) is 0 Å². The molecular formula is C17H16BrNO2. The second-order valence-corrected chi connectivity index (χ2v) is 5.63. The summed E-state index contributed by atoms with van der Waals surface area (Å²) in [5.41, 5.74) is 3.07. The van der Waals surface area contributed by atoms with Crippen LogP contribution in [0.1, 0.15) is 11.1 Å². The van der Waals surface area contributed by atoms with Crippen molar-refractivity contribution in [3.8, 4) is 0 Å². The predicted octanol–water partition coefficient (Wildman–Crippen LogP) is 4.18. The molecule has 0 saturated heterocycles. The van der Waals surface area contributed by atoms with Crippen LogP contribution in [0, 0.1) is 0 Å². The van der Waals surface area contributed by atoms with Gasteiger partial charge in [-0.05, 0) is 35.4 Å². The van der Waals surface area contributed by atoms with Gasteiger partial charge in [0.05, 0.1) is 0 Å². The number of nitrogens with zero attached hydrogens (tertiary/aromatic N) is 1. The van der Waals surface area contributed by atoms with Crippen LogP contribution in [-0.2, 0) is 11.3 Å². The lowest BCUT2D eigenvalue weighted by molar-refractivity contribution is -0.131. The number of carbonyl (C=O) groups is 1. The molecule has 0 amide bonds. The molecule has 108 valence electrons. The van der Waals surface area contributed by atoms with Crippen LogP contribution >= 0.6 is 15.9 Å². The number of benzene rings is 2. The molecule has 0 aromatic heterocycles. The fraction of sp³-hybridized carbons (Fsp3) is 0.118. The molecule has 2 aromatic rings. The number of hydrogen-bond donors (Lipinski definition) is 1. The van der Waals surface area contributed by atoms with Crippen molar-refractivity contribution in [2.24, 2.45) is 0 Å². The molecule has 0 aliphatic rings. The van der Waals surface area contributed by atoms with Gasteiger partial charge in [-0.3, -0.25) is 0 Å². The molecule has 0 aliphatic heterocycles. The molecule has 0 radical (unpaired) electrons. The van der Waals surface area contributed by atoms with Crippen molar-refractivity contribution < 1.29 is 9.90 Å². The molecule has 21 heavy (non-hydrogen) atoms. The minimum atomic E-state index is -0.945. The summed E-state index contributed by atoms with van der Waals surface area (Å²) < 4.78 is 1.05. The highest BCUT2D eigenvalue weighted by Crippen LogP contribution is 2.23. The van der Waals surface area contributed by atoms with Crippen molar-refractivity contribution in [1.82, 2.24) is 0 Å². The first-order valence-electron chi connectivity index (χ1n) is 6.52. The van der Waals surface area contributed by atoms with E-state index in [9.17, 15) is 4.79 Å². The van der Waals surface area contributed by atoms with Crippen LogP contribution in [0.2, 0.25) is 0 Å². The van der Waals surface area contributed by atoms with Gasteiger partial charge < -0.3 is 10.0 Å². The number of anilines is 1. The fourth-order valence-corrected chi connectivity index (χ4v) is 2.58. The van der Waals surface area contributed by atoms with Gasteiger partial charge in [-0.2, -0.15) is 0 Å². The fourth-order valence-electron chi connectivity index (χ4n) is 2.13. The van der Waals surface area contributed by atoms with Crippen LogP contribution in [0.3, 0.4) is 0 Å². The Balaban J connectivity index is 2.23. The van der Waals surface area contributed by atoms with Gasteiger partial charge >= 0.3 is 5.97 Å². The summed E-state index contributed by atoms with van der Waals surface area (Å²) in [6.45, 7) is 0.747. The highest BCUT2D eigenvalue weighted by Gasteiger charge is 2.06. The average Bonchev–Trinajstić information content (AvgIpc) is 2.45. The molecule has 2 aromatic carbocycles. The Kier molecular flexibility index (Phi) is 5.17. The normalized spacial score (nSPS) is 10.8. The van der Waals surface area contributed by atoms with E-state index in [0.717, 1.165) is 28.3 Å². The number of carboxylic acids is 1. The Morgan fingerprint density at radius 2 is 2.00 bits per heavy atom. The SMILES string of the molecule is CN(Cc1cccc(Br)c1)c1ccccc1C=CC(=O)O. The van der Waals surface area contributed by atoms with E-state index in [1.807, 2.05) is 43.4 Å². The lowest BCUT2D eigenvalue weighted by atomic mass is 10.1. The third kappa shape index (κ3) is 4.46. The molecule has 0 saturated carbocycles. The smallest absolute Gasteiger partial charge is 0.328 e. The van der Waals surface area contributed by atoms with Crippen LogP contribution in [-0.4, -0.2) is 18.1 Å². The Labute approximate surface area is 132 Å². The van der Waals surface area contributed by atoms with Gasteiger partial charge in [-0.25, -0.2) is 4.79 Å². The maximum atomic E-state index is 10.7. The van der Waals surface area contributed by atoms with E-state index in [4.69, 9.17) is 5.11 Å². The summed E-state index contributed by atoms with van der Waals surface area (Å²) in [6, 6.07) is 15.9. The number of aliphatic carboxylic acids is 1. The topological polar surface area (TPSA) is 40.5 Å². The summed E-state index contributed by atoms with van der Waals surface area (Å²) in [7, 11) is 1.99. The lowest BCUT2D eigenvalue weighted by Gasteiger charge is -2.21. The molecule has 0 aliphatic carbocycles. The van der Waals surface area contributed by atoms with Gasteiger partial charge in [0.2, 0.25) is 0 Å². The first kappa shape index (κ1) is 15.3. The predicted molar refractivity (Wildman–Crippen MR) is 89.4 cm³/mol. The van der Waals surface area contributed by atoms with Crippen LogP contribution in [0.4, 0.5) is 5.69 Å². The van der Waals surface area contributed by atoms with E-state index in [1.165, 1.54) is 5.56 Å². The van der Waals surface area contributed by atoms with E-state index in [0.29, 0.717) is 0 Å². The second-order valence-electron chi connectivity index (χ2n) is 4.72. The van der Waals surface area contributed by atoms with Crippen molar-refractivity contribution in [1.29, 1.82) is 0 Å². The zero-order valence-corrected chi connectivity index (χ0v) is 13.2. The Bertz CT molecular complexity index is 667. The van der Waals surface area contributed by atoms with E-state index >= 15 is 0 Å². The first-order valence-corrected chi connectivity index (χ1v) is 7.31. The summed E-state index contributed by atoms with van der Waals surface area (Å²) in [5, 5.41) is 8.76. The summed E-state index contributed by atoms with van der Waals surface area (Å²) >= 11 is 3.47. The van der Waals surface area contributed by atoms with E-state index in [-0.39, 0.29) is 0 Å². The maximum absolute atomic E-state index is 10.7. The number of hydrogen-bond acceptors (Lipinski definition) is 2. The van der Waals surface area contributed by atoms with Gasteiger partial charge in [0, 0.05) is 29.8 Å². The molecule has 0 heterocycles. The molecule has 0 bridgehead atoms. The molecule has 1 N–H and O–H groups in total. The van der Waals surface area contributed by atoms with Crippen molar-refractivity contribution in [2.45, 2.75) is 6.54 Å². The highest BCUT2D eigenvalue weighted by molar-refractivity contribution is 9.10. The summed E-state index contributed by atoms with van der Waals surface area (Å²) in [5.74, 6) is -0.945. The maximum Gasteiger partial charge on any atom is 0.328 e. The summed E-state index contributed by atoms with van der Waals surface area (Å²) in [4.78, 5) is 12.8. The Morgan fingerprint density at radius 1 is 1.24 bits per heavy atom. The van der Waals surface area contributed by atoms with Crippen LogP contribution in [0.25, 0.3) is 6.08 Å². The Hall–Kier alpha value is -2.07. The van der Waals surface area contributed by atoms with Crippen molar-refractivity contribution in [3.05, 3.63) is 70.2 Å². The largest absolute Gasteiger partial charge is 0.478 e. The van der Waals surface area contributed by atoms with Crippen LogP contribution < -0.4 is 4.90 Å². The van der Waals surface area contributed by atoms with Gasteiger partial charge in [-0.1, -0.05) is 46.3 Å².